The fourth-order valence-electron chi connectivity index (χ4n) is 3.21. The number of Topliss-reactive ketones (excluding diaryl/α,β-unsaturated/α-hetero) is 1. The van der Waals surface area contributed by atoms with E-state index in [0.717, 1.165) is 5.56 Å². The molecule has 28 heavy (non-hydrogen) atoms. The number of amidine groups is 1. The Balaban J connectivity index is 1.74. The lowest BCUT2D eigenvalue weighted by atomic mass is 9.95. The van der Waals surface area contributed by atoms with Gasteiger partial charge in [-0.15, -0.1) is 0 Å². The van der Waals surface area contributed by atoms with Gasteiger partial charge in [0.1, 0.15) is 11.8 Å². The van der Waals surface area contributed by atoms with E-state index in [-0.39, 0.29) is 36.5 Å². The zero-order valence-electron chi connectivity index (χ0n) is 15.5. The van der Waals surface area contributed by atoms with E-state index in [0.29, 0.717) is 23.2 Å². The Bertz CT molecular complexity index is 920. The van der Waals surface area contributed by atoms with E-state index in [1.165, 1.54) is 12.0 Å². The highest BCUT2D eigenvalue weighted by Gasteiger charge is 2.40. The third-order valence-electron chi connectivity index (χ3n) is 4.80. The van der Waals surface area contributed by atoms with Crippen molar-refractivity contribution in [2.75, 3.05) is 18.6 Å². The van der Waals surface area contributed by atoms with Crippen molar-refractivity contribution in [1.29, 1.82) is 5.41 Å². The largest absolute Gasteiger partial charge is 0.469 e. The smallest absolute Gasteiger partial charge is 0.305 e. The molecule has 2 aromatic carbocycles. The number of rotatable bonds is 6. The molecule has 7 heteroatoms. The van der Waals surface area contributed by atoms with Crippen molar-refractivity contribution >= 4 is 29.2 Å². The number of nitrogen functional groups attached to an aromatic ring is 1. The first-order chi connectivity index (χ1) is 13.4. The van der Waals surface area contributed by atoms with Crippen LogP contribution in [0.4, 0.5) is 5.69 Å². The predicted molar refractivity (Wildman–Crippen MR) is 104 cm³/mol. The van der Waals surface area contributed by atoms with E-state index < -0.39 is 5.92 Å². The summed E-state index contributed by atoms with van der Waals surface area (Å²) in [4.78, 5) is 38.0. The van der Waals surface area contributed by atoms with Crippen molar-refractivity contribution in [3.05, 3.63) is 65.2 Å². The van der Waals surface area contributed by atoms with Crippen molar-refractivity contribution < 1.29 is 19.1 Å². The molecule has 7 nitrogen and oxygen atoms in total. The van der Waals surface area contributed by atoms with E-state index >= 15 is 0 Å². The molecule has 1 atom stereocenters. The molecule has 1 heterocycles. The van der Waals surface area contributed by atoms with Crippen LogP contribution >= 0.6 is 0 Å². The van der Waals surface area contributed by atoms with E-state index in [1.807, 2.05) is 12.1 Å². The number of ether oxygens (including phenoxy) is 1. The number of carbonyl (C=O) groups is 3. The Kier molecular flexibility index (Phi) is 5.54. The maximum atomic E-state index is 12.9. The number of hydrogen-bond donors (Lipinski definition) is 2. The van der Waals surface area contributed by atoms with Gasteiger partial charge in [0.15, 0.2) is 5.78 Å². The quantitative estimate of drug-likeness (QED) is 0.344. The number of anilines is 1. The molecular weight excluding hydrogens is 358 g/mol. The minimum atomic E-state index is -0.831. The van der Waals surface area contributed by atoms with Crippen LogP contribution in [0.15, 0.2) is 48.5 Å². The summed E-state index contributed by atoms with van der Waals surface area (Å²) < 4.78 is 4.63. The van der Waals surface area contributed by atoms with Crippen LogP contribution in [0.2, 0.25) is 0 Å². The van der Waals surface area contributed by atoms with Gasteiger partial charge in [-0.3, -0.25) is 19.8 Å². The molecule has 0 aliphatic carbocycles. The van der Waals surface area contributed by atoms with E-state index in [2.05, 4.69) is 4.74 Å². The lowest BCUT2D eigenvalue weighted by Gasteiger charge is -2.16. The predicted octanol–water partition coefficient (Wildman–Crippen LogP) is 1.78. The molecular formula is C21H21N3O4. The monoisotopic (exact) mass is 379 g/mol. The normalized spacial score (nSPS) is 16.3. The molecule has 0 aromatic heterocycles. The number of hydrogen-bond acceptors (Lipinski definition) is 5. The van der Waals surface area contributed by atoms with Crippen molar-refractivity contribution in [2.45, 2.75) is 18.8 Å². The average Bonchev–Trinajstić information content (AvgIpc) is 3.00. The summed E-state index contributed by atoms with van der Waals surface area (Å²) >= 11 is 0. The summed E-state index contributed by atoms with van der Waals surface area (Å²) in [5.74, 6) is -1.61. The minimum Gasteiger partial charge on any atom is -0.469 e. The number of nitrogens with zero attached hydrogens (tertiary/aromatic N) is 1. The Morgan fingerprint density at radius 1 is 1.14 bits per heavy atom. The fourth-order valence-corrected chi connectivity index (χ4v) is 3.21. The summed E-state index contributed by atoms with van der Waals surface area (Å²) in [7, 11) is 1.35. The number of nitrogens with two attached hydrogens (primary N) is 1. The summed E-state index contributed by atoms with van der Waals surface area (Å²) in [6.07, 6.45) is 0.815. The number of aryl methyl sites for hydroxylation is 1. The van der Waals surface area contributed by atoms with E-state index in [9.17, 15) is 14.4 Å². The maximum Gasteiger partial charge on any atom is 0.305 e. The number of amides is 1. The van der Waals surface area contributed by atoms with Gasteiger partial charge in [-0.25, -0.2) is 0 Å². The molecule has 3 rings (SSSR count). The second-order valence-corrected chi connectivity index (χ2v) is 6.60. The van der Waals surface area contributed by atoms with Gasteiger partial charge in [-0.05, 0) is 41.8 Å². The van der Waals surface area contributed by atoms with Crippen LogP contribution in [0.1, 0.15) is 29.0 Å². The molecule has 1 aliphatic heterocycles. The second kappa shape index (κ2) is 8.04. The molecule has 2 aromatic rings. The molecule has 1 unspecified atom stereocenters. The van der Waals surface area contributed by atoms with Gasteiger partial charge in [0.25, 0.3) is 0 Å². The molecule has 1 aliphatic rings. The van der Waals surface area contributed by atoms with Crippen LogP contribution in [0.25, 0.3) is 0 Å². The summed E-state index contributed by atoms with van der Waals surface area (Å²) in [6, 6.07) is 13.8. The Labute approximate surface area is 162 Å². The van der Waals surface area contributed by atoms with Crippen molar-refractivity contribution in [3.63, 3.8) is 0 Å². The zero-order chi connectivity index (χ0) is 20.3. The minimum absolute atomic E-state index is 0.00695. The first-order valence-corrected chi connectivity index (χ1v) is 8.85. The highest BCUT2D eigenvalue weighted by molar-refractivity contribution is 6.21. The SMILES string of the molecule is COC(=O)CCc1ccc(C2C(=O)CN(c3ccc(C(=N)N)cc3)C2=O)cc1. The lowest BCUT2D eigenvalue weighted by molar-refractivity contribution is -0.140. The van der Waals surface area contributed by atoms with Crippen LogP contribution in [0.3, 0.4) is 0 Å². The molecule has 1 amide bonds. The third-order valence-corrected chi connectivity index (χ3v) is 4.80. The van der Waals surface area contributed by atoms with E-state index in [4.69, 9.17) is 11.1 Å². The molecule has 144 valence electrons. The van der Waals surface area contributed by atoms with Crippen LogP contribution in [-0.2, 0) is 25.5 Å². The van der Waals surface area contributed by atoms with Crippen LogP contribution in [-0.4, -0.2) is 37.1 Å². The molecule has 1 fully saturated rings. The van der Waals surface area contributed by atoms with Gasteiger partial charge in [-0.2, -0.15) is 0 Å². The molecule has 1 saturated heterocycles. The summed E-state index contributed by atoms with van der Waals surface area (Å²) in [6.45, 7) is 0.00695. The molecule has 0 saturated carbocycles. The number of nitrogens with one attached hydrogen (secondary N) is 1. The number of ketones is 1. The highest BCUT2D eigenvalue weighted by Crippen LogP contribution is 2.30. The maximum absolute atomic E-state index is 12.9. The molecule has 0 bridgehead atoms. The first kappa shape index (κ1) is 19.3. The Morgan fingerprint density at radius 3 is 2.36 bits per heavy atom. The van der Waals surface area contributed by atoms with Crippen molar-refractivity contribution in [2.24, 2.45) is 5.73 Å². The van der Waals surface area contributed by atoms with Gasteiger partial charge in [0.05, 0.1) is 13.7 Å². The van der Waals surface area contributed by atoms with Gasteiger partial charge in [0, 0.05) is 17.7 Å². The first-order valence-electron chi connectivity index (χ1n) is 8.85. The lowest BCUT2D eigenvalue weighted by Crippen LogP contribution is -2.26. The average molecular weight is 379 g/mol. The number of methoxy groups -OCH3 is 1. The van der Waals surface area contributed by atoms with Gasteiger partial charge >= 0.3 is 5.97 Å². The third kappa shape index (κ3) is 3.93. The highest BCUT2D eigenvalue weighted by atomic mass is 16.5. The van der Waals surface area contributed by atoms with Gasteiger partial charge in [-0.1, -0.05) is 24.3 Å². The molecule has 3 N–H and O–H groups in total. The summed E-state index contributed by atoms with van der Waals surface area (Å²) in [5.41, 5.74) is 8.17. The topological polar surface area (TPSA) is 114 Å². The van der Waals surface area contributed by atoms with Gasteiger partial charge < -0.3 is 15.4 Å². The Morgan fingerprint density at radius 2 is 1.79 bits per heavy atom. The fraction of sp³-hybridized carbons (Fsp3) is 0.238. The van der Waals surface area contributed by atoms with Crippen molar-refractivity contribution in [1.82, 2.24) is 0 Å². The standard InChI is InChI=1S/C21H21N3O4/c1-28-18(26)11-4-13-2-5-14(6-3-13)19-17(25)12-24(21(19)27)16-9-7-15(8-10-16)20(22)23/h2-3,5-10,19H,4,11-12H2,1H3,(H3,22,23). The summed E-state index contributed by atoms with van der Waals surface area (Å²) in [5, 5.41) is 7.43. The van der Waals surface area contributed by atoms with Crippen molar-refractivity contribution in [3.8, 4) is 0 Å². The van der Waals surface area contributed by atoms with Gasteiger partial charge in [0.2, 0.25) is 5.91 Å². The number of carbonyl (C=O) groups excluding carboxylic acids is 3. The van der Waals surface area contributed by atoms with E-state index in [1.54, 1.807) is 36.4 Å². The Hall–Kier alpha value is -3.48. The van der Waals surface area contributed by atoms with Crippen LogP contribution in [0.5, 0.6) is 0 Å². The van der Waals surface area contributed by atoms with Crippen LogP contribution in [0, 0.1) is 5.41 Å². The second-order valence-electron chi connectivity index (χ2n) is 6.60. The molecule has 0 radical (unpaired) electrons. The zero-order valence-corrected chi connectivity index (χ0v) is 15.5. The van der Waals surface area contributed by atoms with Crippen LogP contribution < -0.4 is 10.6 Å². The molecule has 0 spiro atoms. The number of esters is 1. The number of benzene rings is 2.